The van der Waals surface area contributed by atoms with Crippen molar-refractivity contribution in [2.24, 2.45) is 0 Å². The molecular formula is C18H19FN2O5S. The number of anilines is 1. The lowest BCUT2D eigenvalue weighted by molar-refractivity contribution is -0.124. The number of rotatable bonds is 8. The predicted octanol–water partition coefficient (Wildman–Crippen LogP) is 2.31. The molecule has 2 aromatic rings. The highest BCUT2D eigenvalue weighted by molar-refractivity contribution is 7.92. The Hall–Kier alpha value is -2.94. The summed E-state index contributed by atoms with van der Waals surface area (Å²) in [5.74, 6) is -1.63. The Morgan fingerprint density at radius 1 is 1.04 bits per heavy atom. The van der Waals surface area contributed by atoms with Crippen LogP contribution in [0.4, 0.5) is 10.1 Å². The van der Waals surface area contributed by atoms with Gasteiger partial charge in [-0.25, -0.2) is 17.6 Å². The van der Waals surface area contributed by atoms with Crippen LogP contribution < -0.4 is 10.0 Å². The third kappa shape index (κ3) is 6.07. The van der Waals surface area contributed by atoms with Gasteiger partial charge in [0, 0.05) is 12.2 Å². The van der Waals surface area contributed by atoms with Crippen LogP contribution in [0.5, 0.6) is 0 Å². The van der Waals surface area contributed by atoms with Gasteiger partial charge in [0.05, 0.1) is 10.5 Å². The molecule has 0 spiro atoms. The first-order valence-electron chi connectivity index (χ1n) is 8.14. The van der Waals surface area contributed by atoms with Crippen LogP contribution in [-0.2, 0) is 19.6 Å². The molecule has 9 heteroatoms. The first-order chi connectivity index (χ1) is 12.8. The number of amides is 1. The summed E-state index contributed by atoms with van der Waals surface area (Å²) in [6.07, 6.45) is 0.765. The molecule has 144 valence electrons. The van der Waals surface area contributed by atoms with E-state index < -0.39 is 34.3 Å². The minimum Gasteiger partial charge on any atom is -0.452 e. The van der Waals surface area contributed by atoms with Crippen LogP contribution in [0.15, 0.2) is 53.4 Å². The van der Waals surface area contributed by atoms with Crippen molar-refractivity contribution in [3.8, 4) is 0 Å². The topological polar surface area (TPSA) is 102 Å². The fourth-order valence-electron chi connectivity index (χ4n) is 2.03. The molecule has 0 aromatic heterocycles. The largest absolute Gasteiger partial charge is 0.452 e. The second kappa shape index (κ2) is 9.13. The van der Waals surface area contributed by atoms with Crippen LogP contribution in [0.25, 0.3) is 0 Å². The summed E-state index contributed by atoms with van der Waals surface area (Å²) in [5, 5.41) is 2.57. The molecular weight excluding hydrogens is 375 g/mol. The molecule has 0 unspecified atom stereocenters. The molecule has 0 aliphatic rings. The van der Waals surface area contributed by atoms with E-state index in [4.69, 9.17) is 4.74 Å². The van der Waals surface area contributed by atoms with Crippen molar-refractivity contribution in [3.05, 3.63) is 59.9 Å². The van der Waals surface area contributed by atoms with Crippen LogP contribution >= 0.6 is 0 Å². The van der Waals surface area contributed by atoms with Crippen LogP contribution in [-0.4, -0.2) is 33.4 Å². The van der Waals surface area contributed by atoms with Gasteiger partial charge in [-0.1, -0.05) is 6.92 Å². The molecule has 2 N–H and O–H groups in total. The van der Waals surface area contributed by atoms with Crippen LogP contribution in [0.1, 0.15) is 23.7 Å². The highest BCUT2D eigenvalue weighted by atomic mass is 32.2. The Morgan fingerprint density at radius 2 is 1.67 bits per heavy atom. The number of benzene rings is 2. The van der Waals surface area contributed by atoms with Crippen molar-refractivity contribution in [1.29, 1.82) is 0 Å². The number of ether oxygens (including phenoxy) is 1. The van der Waals surface area contributed by atoms with Gasteiger partial charge in [-0.05, 0) is 55.0 Å². The maximum atomic E-state index is 12.9. The van der Waals surface area contributed by atoms with E-state index in [-0.39, 0.29) is 16.1 Å². The maximum absolute atomic E-state index is 12.9. The molecule has 0 radical (unpaired) electrons. The minimum absolute atomic E-state index is 0.0796. The zero-order valence-corrected chi connectivity index (χ0v) is 15.4. The van der Waals surface area contributed by atoms with Gasteiger partial charge >= 0.3 is 5.97 Å². The van der Waals surface area contributed by atoms with E-state index in [0.29, 0.717) is 6.54 Å². The second-order valence-electron chi connectivity index (χ2n) is 5.56. The van der Waals surface area contributed by atoms with E-state index >= 15 is 0 Å². The summed E-state index contributed by atoms with van der Waals surface area (Å²) >= 11 is 0. The highest BCUT2D eigenvalue weighted by Crippen LogP contribution is 2.17. The van der Waals surface area contributed by atoms with Crippen molar-refractivity contribution in [2.75, 3.05) is 17.9 Å². The van der Waals surface area contributed by atoms with E-state index in [2.05, 4.69) is 10.0 Å². The number of halogens is 1. The Balaban J connectivity index is 1.99. The first-order valence-corrected chi connectivity index (χ1v) is 9.62. The molecule has 7 nitrogen and oxygen atoms in total. The fraction of sp³-hybridized carbons (Fsp3) is 0.222. The molecule has 1 amide bonds. The molecule has 0 heterocycles. The Labute approximate surface area is 156 Å². The van der Waals surface area contributed by atoms with Crippen molar-refractivity contribution in [2.45, 2.75) is 18.2 Å². The molecule has 0 aliphatic heterocycles. The number of nitrogens with one attached hydrogen (secondary N) is 2. The van der Waals surface area contributed by atoms with Gasteiger partial charge in [-0.3, -0.25) is 9.52 Å². The summed E-state index contributed by atoms with van der Waals surface area (Å²) < 4.78 is 44.7. The van der Waals surface area contributed by atoms with Crippen molar-refractivity contribution >= 4 is 27.6 Å². The number of carbonyl (C=O) groups is 2. The van der Waals surface area contributed by atoms with Crippen molar-refractivity contribution in [3.63, 3.8) is 0 Å². The molecule has 0 aliphatic carbocycles. The van der Waals surface area contributed by atoms with Gasteiger partial charge in [0.1, 0.15) is 5.82 Å². The minimum atomic E-state index is -3.89. The Kier molecular flexibility index (Phi) is 6.89. The van der Waals surface area contributed by atoms with Crippen LogP contribution in [0.2, 0.25) is 0 Å². The number of hydrogen-bond donors (Lipinski definition) is 2. The summed E-state index contributed by atoms with van der Waals surface area (Å²) in [4.78, 5) is 23.2. The van der Waals surface area contributed by atoms with Gasteiger partial charge in [0.15, 0.2) is 6.61 Å². The smallest absolute Gasteiger partial charge is 0.338 e. The molecule has 0 atom stereocenters. The standard InChI is InChI=1S/C18H19FN2O5S/c1-2-11-20-17(22)12-26-18(23)13-3-9-16(10-4-13)27(24,25)21-15-7-5-14(19)6-8-15/h3-10,21H,2,11-12H2,1H3,(H,20,22). The third-order valence-electron chi connectivity index (χ3n) is 3.40. The summed E-state index contributed by atoms with van der Waals surface area (Å²) in [7, 11) is -3.89. The van der Waals surface area contributed by atoms with Gasteiger partial charge in [-0.15, -0.1) is 0 Å². The number of sulfonamides is 1. The van der Waals surface area contributed by atoms with E-state index in [1.807, 2.05) is 6.92 Å². The molecule has 2 aromatic carbocycles. The van der Waals surface area contributed by atoms with E-state index in [0.717, 1.165) is 18.6 Å². The second-order valence-corrected chi connectivity index (χ2v) is 7.25. The van der Waals surface area contributed by atoms with Gasteiger partial charge in [0.2, 0.25) is 0 Å². The van der Waals surface area contributed by atoms with E-state index in [1.54, 1.807) is 0 Å². The quantitative estimate of drug-likeness (QED) is 0.669. The SMILES string of the molecule is CCCNC(=O)COC(=O)c1ccc(S(=O)(=O)Nc2ccc(F)cc2)cc1. The fourth-order valence-corrected chi connectivity index (χ4v) is 3.09. The van der Waals surface area contributed by atoms with Gasteiger partial charge < -0.3 is 10.1 Å². The molecule has 0 fully saturated rings. The average Bonchev–Trinajstić information content (AvgIpc) is 2.66. The summed E-state index contributed by atoms with van der Waals surface area (Å²) in [5.41, 5.74) is 0.317. The molecule has 2 rings (SSSR count). The number of carbonyl (C=O) groups excluding carboxylic acids is 2. The number of esters is 1. The molecule has 0 bridgehead atoms. The lowest BCUT2D eigenvalue weighted by atomic mass is 10.2. The lowest BCUT2D eigenvalue weighted by Crippen LogP contribution is -2.29. The monoisotopic (exact) mass is 394 g/mol. The average molecular weight is 394 g/mol. The van der Waals surface area contributed by atoms with Crippen LogP contribution in [0.3, 0.4) is 0 Å². The molecule has 27 heavy (non-hydrogen) atoms. The Bertz CT molecular complexity index is 896. The maximum Gasteiger partial charge on any atom is 0.338 e. The predicted molar refractivity (Wildman–Crippen MR) is 97.2 cm³/mol. The van der Waals surface area contributed by atoms with Gasteiger partial charge in [0.25, 0.3) is 15.9 Å². The zero-order valence-electron chi connectivity index (χ0n) is 14.6. The van der Waals surface area contributed by atoms with Crippen molar-refractivity contribution in [1.82, 2.24) is 5.32 Å². The summed E-state index contributed by atoms with van der Waals surface area (Å²) in [6, 6.07) is 9.89. The normalized spacial score (nSPS) is 10.9. The third-order valence-corrected chi connectivity index (χ3v) is 4.80. The Morgan fingerprint density at radius 3 is 2.26 bits per heavy atom. The van der Waals surface area contributed by atoms with Gasteiger partial charge in [-0.2, -0.15) is 0 Å². The van der Waals surface area contributed by atoms with E-state index in [1.165, 1.54) is 36.4 Å². The first kappa shape index (κ1) is 20.4. The van der Waals surface area contributed by atoms with Crippen LogP contribution in [0, 0.1) is 5.82 Å². The molecule has 0 saturated carbocycles. The summed E-state index contributed by atoms with van der Waals surface area (Å²) in [6.45, 7) is 1.97. The highest BCUT2D eigenvalue weighted by Gasteiger charge is 2.16. The number of hydrogen-bond acceptors (Lipinski definition) is 5. The zero-order chi connectivity index (χ0) is 19.9. The molecule has 0 saturated heterocycles. The van der Waals surface area contributed by atoms with E-state index in [9.17, 15) is 22.4 Å². The van der Waals surface area contributed by atoms with Crippen molar-refractivity contribution < 1.29 is 27.1 Å². The lowest BCUT2D eigenvalue weighted by Gasteiger charge is -2.09.